The van der Waals surface area contributed by atoms with Gasteiger partial charge in [0, 0.05) is 18.7 Å². The first-order valence-corrected chi connectivity index (χ1v) is 7.21. The summed E-state index contributed by atoms with van der Waals surface area (Å²) in [4.78, 5) is 27.5. The first-order valence-electron chi connectivity index (χ1n) is 7.21. The predicted octanol–water partition coefficient (Wildman–Crippen LogP) is 3.27. The van der Waals surface area contributed by atoms with E-state index in [1.807, 2.05) is 39.8 Å². The molecule has 0 saturated heterocycles. The van der Waals surface area contributed by atoms with Crippen molar-refractivity contribution >= 4 is 11.9 Å². The number of alkyl carbamates (subject to hydrolysis) is 1. The normalized spacial score (nSPS) is 11.0. The molecule has 0 aliphatic carbocycles. The van der Waals surface area contributed by atoms with Gasteiger partial charge in [0.2, 0.25) is 0 Å². The molecule has 1 N–H and O–H groups in total. The standard InChI is InChI=1S/C16H24N2O3/c1-12-8-7-9-13(18-12)14(19)10-5-6-11-17-15(20)21-16(2,3)4/h7-9H,5-6,10-11H2,1-4H3,(H,17,20). The van der Waals surface area contributed by atoms with Crippen LogP contribution in [0.2, 0.25) is 0 Å². The molecule has 1 aromatic heterocycles. The number of aryl methyl sites for hydroxylation is 1. The van der Waals surface area contributed by atoms with E-state index < -0.39 is 11.7 Å². The number of carbonyl (C=O) groups is 2. The van der Waals surface area contributed by atoms with Crippen molar-refractivity contribution in [3.05, 3.63) is 29.6 Å². The van der Waals surface area contributed by atoms with Gasteiger partial charge in [0.15, 0.2) is 5.78 Å². The molecule has 0 saturated carbocycles. The summed E-state index contributed by atoms with van der Waals surface area (Å²) in [6, 6.07) is 5.43. The van der Waals surface area contributed by atoms with E-state index in [-0.39, 0.29) is 5.78 Å². The number of amides is 1. The molecule has 0 radical (unpaired) electrons. The fraction of sp³-hybridized carbons (Fsp3) is 0.562. The molecule has 0 atom stereocenters. The zero-order chi connectivity index (χ0) is 15.9. The maximum atomic E-state index is 11.9. The number of nitrogens with one attached hydrogen (secondary N) is 1. The van der Waals surface area contributed by atoms with Gasteiger partial charge in [0.05, 0.1) is 0 Å². The van der Waals surface area contributed by atoms with Crippen molar-refractivity contribution in [2.24, 2.45) is 0 Å². The lowest BCUT2D eigenvalue weighted by Gasteiger charge is -2.19. The van der Waals surface area contributed by atoms with Crippen molar-refractivity contribution in [2.45, 2.75) is 52.6 Å². The number of nitrogens with zero attached hydrogens (tertiary/aromatic N) is 1. The van der Waals surface area contributed by atoms with Gasteiger partial charge in [0.25, 0.3) is 0 Å². The minimum absolute atomic E-state index is 0.0379. The van der Waals surface area contributed by atoms with E-state index >= 15 is 0 Å². The average Bonchev–Trinajstić information content (AvgIpc) is 2.36. The van der Waals surface area contributed by atoms with E-state index in [1.165, 1.54) is 0 Å². The highest BCUT2D eigenvalue weighted by molar-refractivity contribution is 5.94. The van der Waals surface area contributed by atoms with Crippen LogP contribution < -0.4 is 5.32 Å². The fourth-order valence-corrected chi connectivity index (χ4v) is 1.74. The van der Waals surface area contributed by atoms with Crippen LogP contribution in [0.1, 0.15) is 56.2 Å². The summed E-state index contributed by atoms with van der Waals surface area (Å²) >= 11 is 0. The molecule has 1 rings (SSSR count). The highest BCUT2D eigenvalue weighted by Gasteiger charge is 2.15. The minimum atomic E-state index is -0.489. The van der Waals surface area contributed by atoms with Crippen LogP contribution in [-0.4, -0.2) is 29.0 Å². The Hall–Kier alpha value is -1.91. The number of rotatable bonds is 6. The second-order valence-electron chi connectivity index (χ2n) is 5.97. The molecular weight excluding hydrogens is 268 g/mol. The van der Waals surface area contributed by atoms with Crippen molar-refractivity contribution in [1.29, 1.82) is 0 Å². The van der Waals surface area contributed by atoms with Crippen molar-refractivity contribution in [1.82, 2.24) is 10.3 Å². The Kier molecular flexibility index (Phi) is 6.34. The van der Waals surface area contributed by atoms with Gasteiger partial charge in [-0.05, 0) is 52.7 Å². The number of aromatic nitrogens is 1. The zero-order valence-corrected chi connectivity index (χ0v) is 13.2. The first-order chi connectivity index (χ1) is 9.78. The summed E-state index contributed by atoms with van der Waals surface area (Å²) in [6.07, 6.45) is 1.46. The Balaban J connectivity index is 2.20. The quantitative estimate of drug-likeness (QED) is 0.645. The minimum Gasteiger partial charge on any atom is -0.444 e. The van der Waals surface area contributed by atoms with Crippen molar-refractivity contribution in [3.63, 3.8) is 0 Å². The van der Waals surface area contributed by atoms with E-state index in [1.54, 1.807) is 6.07 Å². The van der Waals surface area contributed by atoms with Crippen LogP contribution >= 0.6 is 0 Å². The van der Waals surface area contributed by atoms with E-state index in [2.05, 4.69) is 10.3 Å². The smallest absolute Gasteiger partial charge is 0.407 e. The number of pyridine rings is 1. The fourth-order valence-electron chi connectivity index (χ4n) is 1.74. The van der Waals surface area contributed by atoms with Crippen LogP contribution in [0.25, 0.3) is 0 Å². The highest BCUT2D eigenvalue weighted by atomic mass is 16.6. The molecule has 0 fully saturated rings. The van der Waals surface area contributed by atoms with Gasteiger partial charge in [-0.2, -0.15) is 0 Å². The van der Waals surface area contributed by atoms with Crippen LogP contribution in [-0.2, 0) is 4.74 Å². The number of hydrogen-bond acceptors (Lipinski definition) is 4. The van der Waals surface area contributed by atoms with Crippen molar-refractivity contribution in [3.8, 4) is 0 Å². The summed E-state index contributed by atoms with van der Waals surface area (Å²) in [7, 11) is 0. The monoisotopic (exact) mass is 292 g/mol. The lowest BCUT2D eigenvalue weighted by atomic mass is 10.1. The van der Waals surface area contributed by atoms with Gasteiger partial charge in [0.1, 0.15) is 11.3 Å². The van der Waals surface area contributed by atoms with E-state index in [4.69, 9.17) is 4.74 Å². The Labute approximate surface area is 126 Å². The largest absolute Gasteiger partial charge is 0.444 e. The lowest BCUT2D eigenvalue weighted by molar-refractivity contribution is 0.0527. The summed E-state index contributed by atoms with van der Waals surface area (Å²) in [5.41, 5.74) is 0.860. The molecule has 5 heteroatoms. The number of hydrogen-bond donors (Lipinski definition) is 1. The Morgan fingerprint density at radius 3 is 2.57 bits per heavy atom. The molecule has 0 aromatic carbocycles. The third kappa shape index (κ3) is 7.44. The van der Waals surface area contributed by atoms with Crippen LogP contribution in [0.3, 0.4) is 0 Å². The van der Waals surface area contributed by atoms with Crippen molar-refractivity contribution < 1.29 is 14.3 Å². The Morgan fingerprint density at radius 2 is 1.95 bits per heavy atom. The SMILES string of the molecule is Cc1cccc(C(=O)CCCCNC(=O)OC(C)(C)C)n1. The van der Waals surface area contributed by atoms with Crippen LogP contribution in [0, 0.1) is 6.92 Å². The molecule has 0 spiro atoms. The number of unbranched alkanes of at least 4 members (excludes halogenated alkanes) is 1. The molecule has 1 aromatic rings. The lowest BCUT2D eigenvalue weighted by Crippen LogP contribution is -2.33. The molecule has 21 heavy (non-hydrogen) atoms. The average molecular weight is 292 g/mol. The summed E-state index contributed by atoms with van der Waals surface area (Å²) < 4.78 is 5.12. The number of ether oxygens (including phenoxy) is 1. The van der Waals surface area contributed by atoms with Crippen molar-refractivity contribution in [2.75, 3.05) is 6.54 Å². The summed E-state index contributed by atoms with van der Waals surface area (Å²) in [5, 5.41) is 2.67. The molecular formula is C16H24N2O3. The Bertz CT molecular complexity index is 493. The van der Waals surface area contributed by atoms with Gasteiger partial charge in [-0.15, -0.1) is 0 Å². The molecule has 116 valence electrons. The second-order valence-corrected chi connectivity index (χ2v) is 5.97. The second kappa shape index (κ2) is 7.76. The number of Topliss-reactive ketones (excluding diaryl/α,β-unsaturated/α-hetero) is 1. The third-order valence-electron chi connectivity index (χ3n) is 2.67. The molecule has 5 nitrogen and oxygen atoms in total. The number of carbonyl (C=O) groups excluding carboxylic acids is 2. The van der Waals surface area contributed by atoms with Gasteiger partial charge in [-0.25, -0.2) is 4.79 Å². The molecule has 1 amide bonds. The van der Waals surface area contributed by atoms with Crippen LogP contribution in [0.4, 0.5) is 4.79 Å². The Morgan fingerprint density at radius 1 is 1.24 bits per heavy atom. The molecule has 1 heterocycles. The van der Waals surface area contributed by atoms with Gasteiger partial charge in [-0.3, -0.25) is 9.78 Å². The van der Waals surface area contributed by atoms with Crippen LogP contribution in [0.15, 0.2) is 18.2 Å². The van der Waals surface area contributed by atoms with Gasteiger partial charge < -0.3 is 10.1 Å². The predicted molar refractivity (Wildman–Crippen MR) is 81.4 cm³/mol. The maximum absolute atomic E-state index is 11.9. The maximum Gasteiger partial charge on any atom is 0.407 e. The summed E-state index contributed by atoms with van der Waals surface area (Å²) in [6.45, 7) is 7.82. The molecule has 0 aliphatic heterocycles. The molecule has 0 bridgehead atoms. The van der Waals surface area contributed by atoms with Gasteiger partial charge >= 0.3 is 6.09 Å². The van der Waals surface area contributed by atoms with Crippen LogP contribution in [0.5, 0.6) is 0 Å². The summed E-state index contributed by atoms with van der Waals surface area (Å²) in [5.74, 6) is 0.0379. The zero-order valence-electron chi connectivity index (χ0n) is 13.2. The van der Waals surface area contributed by atoms with E-state index in [9.17, 15) is 9.59 Å². The van der Waals surface area contributed by atoms with E-state index in [0.717, 1.165) is 12.1 Å². The first kappa shape index (κ1) is 17.1. The highest BCUT2D eigenvalue weighted by Crippen LogP contribution is 2.07. The number of ketones is 1. The molecule has 0 aliphatic rings. The molecule has 0 unspecified atom stereocenters. The topological polar surface area (TPSA) is 68.3 Å². The van der Waals surface area contributed by atoms with E-state index in [0.29, 0.717) is 25.1 Å². The van der Waals surface area contributed by atoms with Gasteiger partial charge in [-0.1, -0.05) is 6.07 Å². The third-order valence-corrected chi connectivity index (χ3v) is 2.67.